The molecule has 0 heterocycles. The van der Waals surface area contributed by atoms with E-state index in [4.69, 9.17) is 14.6 Å². The van der Waals surface area contributed by atoms with E-state index < -0.39 is 12.2 Å². The smallest absolute Gasteiger partial charge is 0.131 e. The topological polar surface area (TPSA) is 79.2 Å². The van der Waals surface area contributed by atoms with E-state index in [1.807, 2.05) is 18.2 Å². The quantitative estimate of drug-likeness (QED) is 0.658. The van der Waals surface area contributed by atoms with Crippen molar-refractivity contribution in [1.82, 2.24) is 0 Å². The summed E-state index contributed by atoms with van der Waals surface area (Å²) in [6, 6.07) is 16.2. The number of rotatable bonds is 9. The fourth-order valence-corrected chi connectivity index (χ4v) is 2.29. The minimum absolute atomic E-state index is 0.103. The van der Waals surface area contributed by atoms with Crippen LogP contribution in [0.15, 0.2) is 54.6 Å². The molecule has 5 heteroatoms. The second kappa shape index (κ2) is 9.15. The predicted octanol–water partition coefficient (Wildman–Crippen LogP) is 1.92. The van der Waals surface area contributed by atoms with E-state index in [1.54, 1.807) is 36.4 Å². The average Bonchev–Trinajstić information content (AvgIpc) is 2.60. The third-order valence-electron chi connectivity index (χ3n) is 3.38. The van der Waals surface area contributed by atoms with Crippen LogP contribution in [0.2, 0.25) is 0 Å². The van der Waals surface area contributed by atoms with Crippen molar-refractivity contribution < 1.29 is 24.8 Å². The van der Waals surface area contributed by atoms with Gasteiger partial charge < -0.3 is 24.8 Å². The number of aliphatic hydroxyl groups is 3. The Morgan fingerprint density at radius 1 is 0.870 bits per heavy atom. The van der Waals surface area contributed by atoms with Gasteiger partial charge in [-0.2, -0.15) is 0 Å². The second-order valence-corrected chi connectivity index (χ2v) is 5.04. The van der Waals surface area contributed by atoms with Gasteiger partial charge in [-0.05, 0) is 18.2 Å². The van der Waals surface area contributed by atoms with Crippen molar-refractivity contribution in [2.24, 2.45) is 0 Å². The molecular formula is C18H22O5. The third-order valence-corrected chi connectivity index (χ3v) is 3.38. The second-order valence-electron chi connectivity index (χ2n) is 5.04. The summed E-state index contributed by atoms with van der Waals surface area (Å²) in [5.74, 6) is 1.12. The van der Waals surface area contributed by atoms with Gasteiger partial charge in [0.1, 0.15) is 30.3 Å². The van der Waals surface area contributed by atoms with Gasteiger partial charge in [0.15, 0.2) is 0 Å². The van der Waals surface area contributed by atoms with Crippen LogP contribution in [0.25, 0.3) is 0 Å². The average molecular weight is 318 g/mol. The first-order chi connectivity index (χ1) is 11.3. The normalized spacial score (nSPS) is 13.3. The molecule has 5 nitrogen and oxygen atoms in total. The lowest BCUT2D eigenvalue weighted by Gasteiger charge is -2.25. The molecule has 0 saturated carbocycles. The van der Waals surface area contributed by atoms with Gasteiger partial charge in [-0.3, -0.25) is 0 Å². The van der Waals surface area contributed by atoms with E-state index in [9.17, 15) is 10.2 Å². The molecule has 2 atom stereocenters. The third kappa shape index (κ3) is 4.96. The van der Waals surface area contributed by atoms with Gasteiger partial charge in [-0.25, -0.2) is 0 Å². The van der Waals surface area contributed by atoms with E-state index >= 15 is 0 Å². The lowest BCUT2D eigenvalue weighted by atomic mass is 10.0. The van der Waals surface area contributed by atoms with E-state index in [-0.39, 0.29) is 26.2 Å². The maximum Gasteiger partial charge on any atom is 0.131 e. The predicted molar refractivity (Wildman–Crippen MR) is 86.5 cm³/mol. The summed E-state index contributed by atoms with van der Waals surface area (Å²) in [5, 5.41) is 28.8. The van der Waals surface area contributed by atoms with Gasteiger partial charge in [0.25, 0.3) is 0 Å². The molecule has 0 aliphatic carbocycles. The summed E-state index contributed by atoms with van der Waals surface area (Å²) in [5.41, 5.74) is 0.565. The van der Waals surface area contributed by atoms with Gasteiger partial charge >= 0.3 is 0 Å². The highest BCUT2D eigenvalue weighted by molar-refractivity contribution is 5.36. The van der Waals surface area contributed by atoms with Gasteiger partial charge in [-0.1, -0.05) is 36.4 Å². The molecule has 0 radical (unpaired) electrons. The summed E-state index contributed by atoms with van der Waals surface area (Å²) >= 11 is 0. The molecule has 0 aliphatic heterocycles. The Labute approximate surface area is 135 Å². The number of hydrogen-bond donors (Lipinski definition) is 3. The van der Waals surface area contributed by atoms with Crippen molar-refractivity contribution in [3.8, 4) is 11.5 Å². The van der Waals surface area contributed by atoms with Crippen LogP contribution < -0.4 is 9.47 Å². The number of aliphatic hydroxyl groups excluding tert-OH is 3. The molecule has 2 rings (SSSR count). The van der Waals surface area contributed by atoms with Crippen molar-refractivity contribution in [2.75, 3.05) is 19.8 Å². The number of para-hydroxylation sites is 2. The zero-order valence-electron chi connectivity index (χ0n) is 12.8. The monoisotopic (exact) mass is 318 g/mol. The highest BCUT2D eigenvalue weighted by Gasteiger charge is 2.25. The largest absolute Gasteiger partial charge is 0.491 e. The Morgan fingerprint density at radius 3 is 2.26 bits per heavy atom. The van der Waals surface area contributed by atoms with Crippen molar-refractivity contribution in [1.29, 1.82) is 0 Å². The molecule has 0 aliphatic rings. The van der Waals surface area contributed by atoms with Crippen LogP contribution in [0.1, 0.15) is 18.1 Å². The minimum Gasteiger partial charge on any atom is -0.491 e. The zero-order valence-corrected chi connectivity index (χ0v) is 12.8. The van der Waals surface area contributed by atoms with Gasteiger partial charge in [-0.15, -0.1) is 0 Å². The van der Waals surface area contributed by atoms with E-state index in [0.29, 0.717) is 17.1 Å². The highest BCUT2D eigenvalue weighted by Crippen LogP contribution is 2.30. The van der Waals surface area contributed by atoms with Gasteiger partial charge in [0.05, 0.1) is 6.61 Å². The Hall–Kier alpha value is -2.08. The Bertz CT molecular complexity index is 573. The molecule has 0 spiro atoms. The lowest BCUT2D eigenvalue weighted by Crippen LogP contribution is -2.27. The first-order valence-corrected chi connectivity index (χ1v) is 7.59. The number of ether oxygens (including phenoxy) is 2. The molecule has 2 aromatic rings. The lowest BCUT2D eigenvalue weighted by molar-refractivity contribution is 0.0186. The Balaban J connectivity index is 2.18. The standard InChI is InChI=1S/C18H22O5/c19-11-10-17(23-14-6-2-1-3-7-14)18(21)15-8-4-5-9-16(15)22-13-12-20/h1-9,17-21H,10-13H2/t17-,18-/m0/s1. The van der Waals surface area contributed by atoms with Crippen molar-refractivity contribution in [3.05, 3.63) is 60.2 Å². The minimum atomic E-state index is -0.961. The Kier molecular flexibility index (Phi) is 6.87. The maximum atomic E-state index is 10.7. The first-order valence-electron chi connectivity index (χ1n) is 7.59. The molecule has 0 bridgehead atoms. The van der Waals surface area contributed by atoms with Gasteiger partial charge in [0, 0.05) is 18.6 Å². The van der Waals surface area contributed by atoms with Crippen molar-refractivity contribution >= 4 is 0 Å². The van der Waals surface area contributed by atoms with Crippen LogP contribution in [0.3, 0.4) is 0 Å². The number of hydrogen-bond acceptors (Lipinski definition) is 5. The molecule has 0 amide bonds. The van der Waals surface area contributed by atoms with Crippen LogP contribution in [0.4, 0.5) is 0 Å². The molecular weight excluding hydrogens is 296 g/mol. The fourth-order valence-electron chi connectivity index (χ4n) is 2.29. The molecule has 0 unspecified atom stereocenters. The summed E-state index contributed by atoms with van der Waals surface area (Å²) in [6.07, 6.45) is -1.29. The van der Waals surface area contributed by atoms with Crippen molar-refractivity contribution in [3.63, 3.8) is 0 Å². The summed E-state index contributed by atoms with van der Waals surface area (Å²) < 4.78 is 11.3. The first kappa shape index (κ1) is 17.3. The van der Waals surface area contributed by atoms with E-state index in [1.165, 1.54) is 0 Å². The Morgan fingerprint density at radius 2 is 1.57 bits per heavy atom. The summed E-state index contributed by atoms with van der Waals surface area (Å²) in [7, 11) is 0. The van der Waals surface area contributed by atoms with Crippen LogP contribution in [0.5, 0.6) is 11.5 Å². The summed E-state index contributed by atoms with van der Waals surface area (Å²) in [6.45, 7) is -0.0623. The van der Waals surface area contributed by atoms with Crippen LogP contribution in [0, 0.1) is 0 Å². The molecule has 23 heavy (non-hydrogen) atoms. The van der Waals surface area contributed by atoms with Crippen molar-refractivity contribution in [2.45, 2.75) is 18.6 Å². The SMILES string of the molecule is OCCOc1ccccc1[C@H](O)[C@H](CCO)Oc1ccccc1. The molecule has 0 saturated heterocycles. The van der Waals surface area contributed by atoms with Crippen LogP contribution in [-0.2, 0) is 0 Å². The number of benzene rings is 2. The molecule has 0 aromatic heterocycles. The molecule has 0 fully saturated rings. The molecule has 124 valence electrons. The van der Waals surface area contributed by atoms with E-state index in [2.05, 4.69) is 0 Å². The van der Waals surface area contributed by atoms with Crippen LogP contribution in [-0.4, -0.2) is 41.2 Å². The van der Waals surface area contributed by atoms with E-state index in [0.717, 1.165) is 0 Å². The maximum absolute atomic E-state index is 10.7. The molecule has 2 aromatic carbocycles. The fraction of sp³-hybridized carbons (Fsp3) is 0.333. The highest BCUT2D eigenvalue weighted by atomic mass is 16.5. The zero-order chi connectivity index (χ0) is 16.5. The summed E-state index contributed by atoms with van der Waals surface area (Å²) in [4.78, 5) is 0. The molecule has 3 N–H and O–H groups in total. The van der Waals surface area contributed by atoms with Crippen LogP contribution >= 0.6 is 0 Å². The van der Waals surface area contributed by atoms with Gasteiger partial charge in [0.2, 0.25) is 0 Å².